The Balaban J connectivity index is 0. The molecule has 0 atom stereocenters. The molecule has 0 aromatic rings. The average molecular weight is 412 g/mol. The number of nitrogens with zero attached hydrogens (tertiary/aromatic N) is 1. The Morgan fingerprint density at radius 3 is 1.48 bits per heavy atom. The second-order valence-corrected chi connectivity index (χ2v) is 7.75. The summed E-state index contributed by atoms with van der Waals surface area (Å²) in [7, 11) is -4.32. The molecule has 0 aliphatic heterocycles. The van der Waals surface area contributed by atoms with Gasteiger partial charge in [-0.3, -0.25) is 4.55 Å². The molecule has 0 aliphatic carbocycles. The van der Waals surface area contributed by atoms with Crippen LogP contribution in [0.2, 0.25) is 0 Å². The van der Waals surface area contributed by atoms with Crippen molar-refractivity contribution >= 4 is 10.4 Å². The molecule has 0 heterocycles. The molecule has 0 aromatic heterocycles. The van der Waals surface area contributed by atoms with Crippen LogP contribution in [0.5, 0.6) is 0 Å². The van der Waals surface area contributed by atoms with Crippen LogP contribution in [0, 0.1) is 0 Å². The predicted octanol–water partition coefficient (Wildman–Crippen LogP) is 5.09. The van der Waals surface area contributed by atoms with Crippen molar-refractivity contribution in [3.8, 4) is 0 Å². The number of rotatable bonds is 18. The number of hydrogen-bond donors (Lipinski definition) is 1. The van der Waals surface area contributed by atoms with Crippen molar-refractivity contribution in [2.75, 3.05) is 39.5 Å². The maximum Gasteiger partial charge on any atom is 0.397 e. The van der Waals surface area contributed by atoms with E-state index in [1.165, 1.54) is 71.0 Å². The highest BCUT2D eigenvalue weighted by atomic mass is 32.3. The highest BCUT2D eigenvalue weighted by Crippen LogP contribution is 2.10. The maximum atomic E-state index is 10.2. The Hall–Kier alpha value is -0.210. The lowest BCUT2D eigenvalue weighted by atomic mass is 10.1. The van der Waals surface area contributed by atoms with Crippen LogP contribution in [0.3, 0.4) is 0 Å². The molecule has 0 aromatic carbocycles. The third kappa shape index (κ3) is 28.1. The van der Waals surface area contributed by atoms with Crippen molar-refractivity contribution in [2.24, 2.45) is 0 Å². The van der Waals surface area contributed by atoms with E-state index in [0.717, 1.165) is 12.8 Å². The smallest absolute Gasteiger partial charge is 0.379 e. The highest BCUT2D eigenvalue weighted by Gasteiger charge is 2.02. The Kier molecular flexibility index (Phi) is 23.7. The average Bonchev–Trinajstić information content (AvgIpc) is 2.63. The summed E-state index contributed by atoms with van der Waals surface area (Å²) in [6, 6.07) is 0. The van der Waals surface area contributed by atoms with Crippen LogP contribution in [0.4, 0.5) is 0 Å². The maximum absolute atomic E-state index is 10.2. The van der Waals surface area contributed by atoms with Crippen LogP contribution < -0.4 is 0 Å². The van der Waals surface area contributed by atoms with Gasteiger partial charge in [0.2, 0.25) is 0 Å². The van der Waals surface area contributed by atoms with Crippen molar-refractivity contribution in [1.82, 2.24) is 4.90 Å². The molecule has 0 fully saturated rings. The minimum absolute atomic E-state index is 0.128. The van der Waals surface area contributed by atoms with Gasteiger partial charge in [-0.05, 0) is 26.1 Å². The first kappa shape index (κ1) is 29.0. The summed E-state index contributed by atoms with van der Waals surface area (Å²) in [5.41, 5.74) is 0. The first-order valence-electron chi connectivity index (χ1n) is 10.8. The fraction of sp³-hybridized carbons (Fsp3) is 1.00. The quantitative estimate of drug-likeness (QED) is 0.250. The van der Waals surface area contributed by atoms with Crippen LogP contribution in [-0.4, -0.2) is 57.3 Å². The van der Waals surface area contributed by atoms with Crippen molar-refractivity contribution in [3.05, 3.63) is 0 Å². The van der Waals surface area contributed by atoms with E-state index in [1.807, 2.05) is 0 Å². The van der Waals surface area contributed by atoms with Crippen molar-refractivity contribution in [1.29, 1.82) is 0 Å². The third-order valence-electron chi connectivity index (χ3n) is 4.44. The van der Waals surface area contributed by atoms with E-state index in [9.17, 15) is 8.42 Å². The highest BCUT2D eigenvalue weighted by molar-refractivity contribution is 7.80. The van der Waals surface area contributed by atoms with Crippen LogP contribution in [0.1, 0.15) is 91.9 Å². The molecule has 7 heteroatoms. The molecule has 0 saturated heterocycles. The minimum atomic E-state index is -4.32. The van der Waals surface area contributed by atoms with Gasteiger partial charge < -0.3 is 9.64 Å². The van der Waals surface area contributed by atoms with Gasteiger partial charge in [-0.1, -0.05) is 85.5 Å². The molecule has 6 nitrogen and oxygen atoms in total. The SMILES string of the molecule is CCCCCCCCCCCCOCCOS(=O)(=O)O.CCN(CC)CC. The molecule has 0 aliphatic rings. The van der Waals surface area contributed by atoms with Crippen LogP contribution in [0.15, 0.2) is 0 Å². The fourth-order valence-corrected chi connectivity index (χ4v) is 2.94. The largest absolute Gasteiger partial charge is 0.397 e. The molecule has 0 spiro atoms. The minimum Gasteiger partial charge on any atom is -0.379 e. The van der Waals surface area contributed by atoms with Gasteiger partial charge in [-0.2, -0.15) is 8.42 Å². The lowest BCUT2D eigenvalue weighted by Crippen LogP contribution is -2.21. The molecule has 0 amide bonds. The normalized spacial score (nSPS) is 11.5. The van der Waals surface area contributed by atoms with Gasteiger partial charge in [0.25, 0.3) is 0 Å². The third-order valence-corrected chi connectivity index (χ3v) is 4.91. The van der Waals surface area contributed by atoms with E-state index < -0.39 is 10.4 Å². The van der Waals surface area contributed by atoms with E-state index in [0.29, 0.717) is 6.61 Å². The zero-order valence-corrected chi connectivity index (χ0v) is 19.1. The molecule has 27 heavy (non-hydrogen) atoms. The lowest BCUT2D eigenvalue weighted by Gasteiger charge is -2.13. The van der Waals surface area contributed by atoms with E-state index in [2.05, 4.69) is 36.8 Å². The Labute approximate surface area is 169 Å². The first-order chi connectivity index (χ1) is 12.9. The molecule has 1 N–H and O–H groups in total. The monoisotopic (exact) mass is 411 g/mol. The molecule has 166 valence electrons. The zero-order chi connectivity index (χ0) is 20.8. The van der Waals surface area contributed by atoms with Crippen LogP contribution in [0.25, 0.3) is 0 Å². The topological polar surface area (TPSA) is 76.1 Å². The Morgan fingerprint density at radius 1 is 0.667 bits per heavy atom. The van der Waals surface area contributed by atoms with Gasteiger partial charge in [0.15, 0.2) is 0 Å². The van der Waals surface area contributed by atoms with E-state index in [4.69, 9.17) is 9.29 Å². The molecule has 0 unspecified atom stereocenters. The van der Waals surface area contributed by atoms with Crippen LogP contribution >= 0.6 is 0 Å². The molecular weight excluding hydrogens is 366 g/mol. The summed E-state index contributed by atoms with van der Waals surface area (Å²) in [4.78, 5) is 2.38. The number of unbranched alkanes of at least 4 members (excludes halogenated alkanes) is 9. The summed E-state index contributed by atoms with van der Waals surface area (Å²) >= 11 is 0. The lowest BCUT2D eigenvalue weighted by molar-refractivity contribution is 0.0945. The Bertz CT molecular complexity index is 367. The molecule has 0 rings (SSSR count). The molecule has 0 radical (unpaired) electrons. The number of ether oxygens (including phenoxy) is 1. The van der Waals surface area contributed by atoms with Gasteiger partial charge in [-0.25, -0.2) is 4.18 Å². The summed E-state index contributed by atoms with van der Waals surface area (Å²) in [5, 5.41) is 0. The first-order valence-corrected chi connectivity index (χ1v) is 12.2. The number of hydrogen-bond acceptors (Lipinski definition) is 5. The molecule has 0 saturated carbocycles. The van der Waals surface area contributed by atoms with E-state index in [1.54, 1.807) is 0 Å². The second-order valence-electron chi connectivity index (χ2n) is 6.66. The standard InChI is InChI=1S/C14H30O5S.C6H15N/c1-2-3-4-5-6-7-8-9-10-11-12-18-13-14-19-20(15,16)17;1-4-7(5-2)6-3/h2-14H2,1H3,(H,15,16,17);4-6H2,1-3H3. The van der Waals surface area contributed by atoms with Gasteiger partial charge in [0, 0.05) is 6.61 Å². The van der Waals surface area contributed by atoms with E-state index in [-0.39, 0.29) is 13.2 Å². The van der Waals surface area contributed by atoms with Gasteiger partial charge in [0.05, 0.1) is 13.2 Å². The zero-order valence-electron chi connectivity index (χ0n) is 18.2. The summed E-state index contributed by atoms with van der Waals surface area (Å²) in [5.74, 6) is 0. The van der Waals surface area contributed by atoms with Crippen molar-refractivity contribution in [3.63, 3.8) is 0 Å². The second kappa shape index (κ2) is 22.1. The summed E-state index contributed by atoms with van der Waals surface area (Å²) in [6.07, 6.45) is 12.7. The van der Waals surface area contributed by atoms with Gasteiger partial charge in [-0.15, -0.1) is 0 Å². The molecular formula is C20H45NO5S. The van der Waals surface area contributed by atoms with E-state index >= 15 is 0 Å². The van der Waals surface area contributed by atoms with Crippen molar-refractivity contribution < 1.29 is 21.9 Å². The fourth-order valence-electron chi connectivity index (χ4n) is 2.66. The predicted molar refractivity (Wildman–Crippen MR) is 114 cm³/mol. The van der Waals surface area contributed by atoms with Crippen molar-refractivity contribution in [2.45, 2.75) is 91.9 Å². The summed E-state index contributed by atoms with van der Waals surface area (Å²) in [6.45, 7) is 13.0. The van der Waals surface area contributed by atoms with Gasteiger partial charge >= 0.3 is 10.4 Å². The van der Waals surface area contributed by atoms with Crippen LogP contribution in [-0.2, 0) is 19.3 Å². The van der Waals surface area contributed by atoms with Gasteiger partial charge in [0.1, 0.15) is 0 Å². The molecule has 0 bridgehead atoms. The summed E-state index contributed by atoms with van der Waals surface area (Å²) < 4.78 is 38.1. The Morgan fingerprint density at radius 2 is 1.11 bits per heavy atom.